The molecule has 0 aliphatic rings. The maximum absolute atomic E-state index is 8.34. The largest absolute Gasteiger partial charge is 0.255 e. The second-order valence-corrected chi connectivity index (χ2v) is 4.23. The summed E-state index contributed by atoms with van der Waals surface area (Å²) < 4.78 is 0. The molecular formula is C16H28O4. The molecule has 0 spiro atoms. The van der Waals surface area contributed by atoms with Crippen LogP contribution >= 0.6 is 0 Å². The molecule has 1 rings (SSSR count). The average molecular weight is 284 g/mol. The number of benzene rings is 1. The van der Waals surface area contributed by atoms with Gasteiger partial charge in [-0.25, -0.2) is 4.89 Å². The van der Waals surface area contributed by atoms with Gasteiger partial charge in [-0.05, 0) is 24.8 Å². The van der Waals surface area contributed by atoms with Crippen LogP contribution in [0.4, 0.5) is 0 Å². The van der Waals surface area contributed by atoms with Crippen molar-refractivity contribution in [1.29, 1.82) is 0 Å². The lowest BCUT2D eigenvalue weighted by Crippen LogP contribution is -2.08. The van der Waals surface area contributed by atoms with E-state index in [-0.39, 0.29) is 6.10 Å². The van der Waals surface area contributed by atoms with Crippen molar-refractivity contribution in [3.05, 3.63) is 48.6 Å². The molecular weight excluding hydrogens is 256 g/mol. The predicted molar refractivity (Wildman–Crippen MR) is 82.9 cm³/mol. The topological polar surface area (TPSA) is 69.9 Å². The molecule has 3 N–H and O–H groups in total. The third-order valence-corrected chi connectivity index (χ3v) is 2.71. The van der Waals surface area contributed by atoms with Gasteiger partial charge in [0.2, 0.25) is 0 Å². The van der Waals surface area contributed by atoms with Crippen molar-refractivity contribution >= 4 is 0 Å². The molecule has 1 aromatic carbocycles. The van der Waals surface area contributed by atoms with E-state index in [1.165, 1.54) is 5.56 Å². The van der Waals surface area contributed by atoms with Gasteiger partial charge in [-0.1, -0.05) is 63.1 Å². The molecule has 0 aromatic heterocycles. The number of unbranched alkanes of at least 4 members (excludes halogenated alkanes) is 1. The molecule has 0 amide bonds. The van der Waals surface area contributed by atoms with Crippen molar-refractivity contribution in [1.82, 2.24) is 0 Å². The molecule has 4 nitrogen and oxygen atoms in total. The van der Waals surface area contributed by atoms with Gasteiger partial charge in [0, 0.05) is 0 Å². The molecule has 1 aromatic rings. The fraction of sp³-hybridized carbons (Fsp3) is 0.500. The molecule has 0 saturated carbocycles. The van der Waals surface area contributed by atoms with Gasteiger partial charge in [0.15, 0.2) is 0 Å². The lowest BCUT2D eigenvalue weighted by molar-refractivity contribution is -0.278. The molecule has 0 radical (unpaired) electrons. The fourth-order valence-corrected chi connectivity index (χ4v) is 1.54. The van der Waals surface area contributed by atoms with E-state index in [9.17, 15) is 0 Å². The molecule has 1 unspecified atom stereocenters. The summed E-state index contributed by atoms with van der Waals surface area (Å²) in [5.41, 5.74) is 1.41. The summed E-state index contributed by atoms with van der Waals surface area (Å²) in [6.45, 7) is 7.84. The Hall–Kier alpha value is -1.20. The van der Waals surface area contributed by atoms with E-state index in [1.807, 2.05) is 6.07 Å². The highest BCUT2D eigenvalue weighted by molar-refractivity contribution is 5.13. The van der Waals surface area contributed by atoms with E-state index in [0.29, 0.717) is 0 Å². The quantitative estimate of drug-likeness (QED) is 0.379. The second-order valence-electron chi connectivity index (χ2n) is 4.23. The third-order valence-electron chi connectivity index (χ3n) is 2.71. The van der Waals surface area contributed by atoms with Gasteiger partial charge in [-0.2, -0.15) is 0 Å². The van der Waals surface area contributed by atoms with E-state index < -0.39 is 0 Å². The van der Waals surface area contributed by atoms with Crippen LogP contribution in [-0.4, -0.2) is 21.9 Å². The fourth-order valence-electron chi connectivity index (χ4n) is 1.54. The molecule has 0 aliphatic heterocycles. The van der Waals surface area contributed by atoms with Gasteiger partial charge in [-0.3, -0.25) is 15.8 Å². The number of hydrogen-bond acceptors (Lipinski definition) is 4. The maximum Gasteiger partial charge on any atom is 0.0961 e. The Morgan fingerprint density at radius 3 is 2.15 bits per heavy atom. The van der Waals surface area contributed by atoms with E-state index in [2.05, 4.69) is 49.6 Å². The first-order valence-electron chi connectivity index (χ1n) is 6.93. The first kappa shape index (κ1) is 21.1. The highest BCUT2D eigenvalue weighted by atomic mass is 17.1. The summed E-state index contributed by atoms with van der Waals surface area (Å²) in [5, 5.41) is 20.3. The van der Waals surface area contributed by atoms with Gasteiger partial charge in [-0.15, -0.1) is 6.58 Å². The molecule has 0 aliphatic carbocycles. The van der Waals surface area contributed by atoms with Gasteiger partial charge in [0.25, 0.3) is 0 Å². The molecule has 0 fully saturated rings. The van der Waals surface area contributed by atoms with Crippen molar-refractivity contribution < 1.29 is 20.7 Å². The van der Waals surface area contributed by atoms with Crippen LogP contribution in [0.5, 0.6) is 0 Å². The zero-order chi connectivity index (χ0) is 15.6. The minimum Gasteiger partial charge on any atom is -0.255 e. The van der Waals surface area contributed by atoms with Crippen molar-refractivity contribution in [3.63, 3.8) is 0 Å². The Morgan fingerprint density at radius 1 is 1.20 bits per heavy atom. The second kappa shape index (κ2) is 17.8. The van der Waals surface area contributed by atoms with Crippen LogP contribution in [0.3, 0.4) is 0 Å². The van der Waals surface area contributed by atoms with Crippen LogP contribution in [0, 0.1) is 0 Å². The van der Waals surface area contributed by atoms with Crippen molar-refractivity contribution in [2.45, 2.75) is 52.1 Å². The Kier molecular flexibility index (Phi) is 18.8. The first-order chi connectivity index (χ1) is 9.78. The van der Waals surface area contributed by atoms with Gasteiger partial charge in [0.1, 0.15) is 0 Å². The molecule has 116 valence electrons. The van der Waals surface area contributed by atoms with Crippen molar-refractivity contribution in [2.75, 3.05) is 0 Å². The van der Waals surface area contributed by atoms with Crippen LogP contribution in [0.2, 0.25) is 0 Å². The SMILES string of the molecule is C=CCC(CCCC)OO.CCc1ccccc1.OO. The Bertz CT molecular complexity index is 288. The lowest BCUT2D eigenvalue weighted by atomic mass is 10.1. The lowest BCUT2D eigenvalue weighted by Gasteiger charge is -2.08. The van der Waals surface area contributed by atoms with Crippen LogP contribution in [0.15, 0.2) is 43.0 Å². The number of hydrogen-bond donors (Lipinski definition) is 3. The summed E-state index contributed by atoms with van der Waals surface area (Å²) in [5.74, 6) is 0. The summed E-state index contributed by atoms with van der Waals surface area (Å²) in [6.07, 6.45) is 6.74. The minimum absolute atomic E-state index is 0.0440. The normalized spacial score (nSPS) is 10.4. The molecule has 0 bridgehead atoms. The van der Waals surface area contributed by atoms with E-state index in [1.54, 1.807) is 6.08 Å². The highest BCUT2D eigenvalue weighted by Crippen LogP contribution is 2.07. The standard InChI is InChI=1S/C8H16O2.C8H10.H2O2/c1-3-5-7-8(10-9)6-4-2;1-2-8-6-4-3-5-7-8;1-2/h4,8-9H,2-3,5-7H2,1H3;3-7H,2H2,1H3;1-2H. The van der Waals surface area contributed by atoms with Gasteiger partial charge in [0.05, 0.1) is 6.10 Å². The Labute approximate surface area is 122 Å². The van der Waals surface area contributed by atoms with E-state index >= 15 is 0 Å². The zero-order valence-corrected chi connectivity index (χ0v) is 12.5. The van der Waals surface area contributed by atoms with Crippen LogP contribution < -0.4 is 0 Å². The molecule has 20 heavy (non-hydrogen) atoms. The summed E-state index contributed by atoms with van der Waals surface area (Å²) >= 11 is 0. The predicted octanol–water partition coefficient (Wildman–Crippen LogP) is 4.88. The third kappa shape index (κ3) is 13.2. The van der Waals surface area contributed by atoms with Gasteiger partial charge >= 0.3 is 0 Å². The molecule has 1 atom stereocenters. The summed E-state index contributed by atoms with van der Waals surface area (Å²) in [4.78, 5) is 4.22. The first-order valence-corrected chi connectivity index (χ1v) is 6.93. The summed E-state index contributed by atoms with van der Waals surface area (Å²) in [6, 6.07) is 10.5. The smallest absolute Gasteiger partial charge is 0.0961 e. The number of aryl methyl sites for hydroxylation is 1. The van der Waals surface area contributed by atoms with E-state index in [0.717, 1.165) is 32.1 Å². The molecule has 0 heterocycles. The zero-order valence-electron chi connectivity index (χ0n) is 12.5. The van der Waals surface area contributed by atoms with Crippen molar-refractivity contribution in [3.8, 4) is 0 Å². The maximum atomic E-state index is 8.34. The van der Waals surface area contributed by atoms with Gasteiger partial charge < -0.3 is 0 Å². The number of rotatable bonds is 7. The minimum atomic E-state index is -0.0440. The summed E-state index contributed by atoms with van der Waals surface area (Å²) in [7, 11) is 0. The Morgan fingerprint density at radius 2 is 1.80 bits per heavy atom. The average Bonchev–Trinajstić information content (AvgIpc) is 2.54. The Balaban J connectivity index is 0. The van der Waals surface area contributed by atoms with Crippen LogP contribution in [-0.2, 0) is 11.3 Å². The van der Waals surface area contributed by atoms with Crippen LogP contribution in [0.1, 0.15) is 45.1 Å². The monoisotopic (exact) mass is 284 g/mol. The van der Waals surface area contributed by atoms with Crippen LogP contribution in [0.25, 0.3) is 0 Å². The molecule has 0 saturated heterocycles. The van der Waals surface area contributed by atoms with Crippen molar-refractivity contribution in [2.24, 2.45) is 0 Å². The highest BCUT2D eigenvalue weighted by Gasteiger charge is 2.04. The molecule has 4 heteroatoms. The van der Waals surface area contributed by atoms with E-state index in [4.69, 9.17) is 15.8 Å².